The Morgan fingerprint density at radius 3 is 2.61 bits per heavy atom. The molecule has 1 saturated heterocycles. The minimum absolute atomic E-state index is 0.495. The Morgan fingerprint density at radius 2 is 2.00 bits per heavy atom. The number of aryl methyl sites for hydroxylation is 2. The van der Waals surface area contributed by atoms with E-state index in [4.69, 9.17) is 0 Å². The molecule has 18 heavy (non-hydrogen) atoms. The highest BCUT2D eigenvalue weighted by molar-refractivity contribution is 7.99. The van der Waals surface area contributed by atoms with Gasteiger partial charge in [0.2, 0.25) is 0 Å². The highest BCUT2D eigenvalue weighted by Crippen LogP contribution is 2.27. The fourth-order valence-electron chi connectivity index (χ4n) is 2.38. The molecule has 0 saturated carbocycles. The van der Waals surface area contributed by atoms with Crippen molar-refractivity contribution in [3.8, 4) is 0 Å². The van der Waals surface area contributed by atoms with Crippen LogP contribution in [0.2, 0.25) is 0 Å². The van der Waals surface area contributed by atoms with E-state index in [-0.39, 0.29) is 0 Å². The number of carbonyl (C=O) groups is 1. The van der Waals surface area contributed by atoms with Crippen molar-refractivity contribution in [1.29, 1.82) is 0 Å². The number of thioether (sulfide) groups is 1. The first-order valence-corrected chi connectivity index (χ1v) is 7.37. The lowest BCUT2D eigenvalue weighted by atomic mass is 9.97. The predicted molar refractivity (Wildman–Crippen MR) is 75.2 cm³/mol. The summed E-state index contributed by atoms with van der Waals surface area (Å²) in [6.45, 7) is 5.71. The van der Waals surface area contributed by atoms with Crippen LogP contribution in [0, 0.1) is 13.8 Å². The molecule has 3 nitrogen and oxygen atoms in total. The Bertz CT molecular complexity index is 441. The first kappa shape index (κ1) is 13.4. The lowest BCUT2D eigenvalue weighted by molar-refractivity contribution is -0.143. The Labute approximate surface area is 112 Å². The van der Waals surface area contributed by atoms with Gasteiger partial charge < -0.3 is 5.11 Å². The van der Waals surface area contributed by atoms with Crippen molar-refractivity contribution in [1.82, 2.24) is 4.90 Å². The molecule has 1 atom stereocenters. The average molecular weight is 265 g/mol. The Hall–Kier alpha value is -1.00. The van der Waals surface area contributed by atoms with Gasteiger partial charge in [-0.2, -0.15) is 11.8 Å². The van der Waals surface area contributed by atoms with Crippen LogP contribution in [-0.4, -0.2) is 40.6 Å². The third-order valence-electron chi connectivity index (χ3n) is 3.37. The second-order valence-electron chi connectivity index (χ2n) is 4.75. The normalized spacial score (nSPS) is 18.6. The van der Waals surface area contributed by atoms with Gasteiger partial charge in [0.05, 0.1) is 0 Å². The monoisotopic (exact) mass is 265 g/mol. The molecule has 1 fully saturated rings. The van der Waals surface area contributed by atoms with E-state index in [1.807, 2.05) is 43.8 Å². The number of benzene rings is 1. The summed E-state index contributed by atoms with van der Waals surface area (Å²) in [7, 11) is 0. The van der Waals surface area contributed by atoms with Crippen LogP contribution in [0.3, 0.4) is 0 Å². The quantitative estimate of drug-likeness (QED) is 0.911. The molecule has 1 aliphatic heterocycles. The van der Waals surface area contributed by atoms with E-state index in [2.05, 4.69) is 4.90 Å². The van der Waals surface area contributed by atoms with E-state index in [9.17, 15) is 9.90 Å². The summed E-state index contributed by atoms with van der Waals surface area (Å²) in [5.41, 5.74) is 3.12. The standard InChI is InChI=1S/C14H19NO2S/c1-10-3-4-11(2)12(9-10)13(14(16)17)15-5-7-18-8-6-15/h3-4,9,13H,5-8H2,1-2H3,(H,16,17). The van der Waals surface area contributed by atoms with E-state index < -0.39 is 12.0 Å². The van der Waals surface area contributed by atoms with Crippen LogP contribution >= 0.6 is 11.8 Å². The molecule has 98 valence electrons. The largest absolute Gasteiger partial charge is 0.480 e. The first-order valence-electron chi connectivity index (χ1n) is 6.21. The number of rotatable bonds is 3. The van der Waals surface area contributed by atoms with Crippen LogP contribution in [0.5, 0.6) is 0 Å². The summed E-state index contributed by atoms with van der Waals surface area (Å²) in [5.74, 6) is 1.30. The summed E-state index contributed by atoms with van der Waals surface area (Å²) in [6.07, 6.45) is 0. The summed E-state index contributed by atoms with van der Waals surface area (Å²) in [6, 6.07) is 5.56. The second-order valence-corrected chi connectivity index (χ2v) is 5.97. The summed E-state index contributed by atoms with van der Waals surface area (Å²) in [4.78, 5) is 13.7. The zero-order valence-corrected chi connectivity index (χ0v) is 11.7. The summed E-state index contributed by atoms with van der Waals surface area (Å²) in [5, 5.41) is 9.55. The SMILES string of the molecule is Cc1ccc(C)c(C(C(=O)O)N2CCSCC2)c1. The molecule has 1 aromatic rings. The third kappa shape index (κ3) is 2.87. The van der Waals surface area contributed by atoms with Crippen molar-refractivity contribution < 1.29 is 9.90 Å². The first-order chi connectivity index (χ1) is 8.59. The van der Waals surface area contributed by atoms with Crippen molar-refractivity contribution in [2.24, 2.45) is 0 Å². The number of nitrogens with zero attached hydrogens (tertiary/aromatic N) is 1. The molecular weight excluding hydrogens is 246 g/mol. The van der Waals surface area contributed by atoms with E-state index in [0.29, 0.717) is 0 Å². The lowest BCUT2D eigenvalue weighted by Crippen LogP contribution is -2.40. The van der Waals surface area contributed by atoms with Crippen molar-refractivity contribution in [3.05, 3.63) is 34.9 Å². The lowest BCUT2D eigenvalue weighted by Gasteiger charge is -2.32. The maximum absolute atomic E-state index is 11.6. The fraction of sp³-hybridized carbons (Fsp3) is 0.500. The van der Waals surface area contributed by atoms with Gasteiger partial charge in [0, 0.05) is 24.6 Å². The van der Waals surface area contributed by atoms with Crippen LogP contribution in [0.25, 0.3) is 0 Å². The Balaban J connectivity index is 2.34. The predicted octanol–water partition coefficient (Wildman–Crippen LogP) is 2.48. The molecule has 4 heteroatoms. The highest BCUT2D eigenvalue weighted by Gasteiger charge is 2.29. The van der Waals surface area contributed by atoms with Crippen molar-refractivity contribution >= 4 is 17.7 Å². The number of carboxylic acids is 1. The van der Waals surface area contributed by atoms with E-state index in [1.54, 1.807) is 0 Å². The van der Waals surface area contributed by atoms with Gasteiger partial charge in [-0.25, -0.2) is 0 Å². The molecule has 0 aliphatic carbocycles. The van der Waals surface area contributed by atoms with Crippen LogP contribution in [-0.2, 0) is 4.79 Å². The summed E-state index contributed by atoms with van der Waals surface area (Å²) < 4.78 is 0. The topological polar surface area (TPSA) is 40.5 Å². The van der Waals surface area contributed by atoms with Gasteiger partial charge >= 0.3 is 5.97 Å². The van der Waals surface area contributed by atoms with Gasteiger partial charge in [0.25, 0.3) is 0 Å². The molecule has 2 rings (SSSR count). The van der Waals surface area contributed by atoms with Gasteiger partial charge in [-0.05, 0) is 25.0 Å². The zero-order chi connectivity index (χ0) is 13.1. The maximum atomic E-state index is 11.6. The van der Waals surface area contributed by atoms with E-state index in [0.717, 1.165) is 41.3 Å². The van der Waals surface area contributed by atoms with Gasteiger partial charge in [-0.15, -0.1) is 0 Å². The van der Waals surface area contributed by atoms with Crippen molar-refractivity contribution in [2.45, 2.75) is 19.9 Å². The molecule has 0 radical (unpaired) electrons. The molecular formula is C14H19NO2S. The molecule has 1 unspecified atom stereocenters. The zero-order valence-electron chi connectivity index (χ0n) is 10.8. The van der Waals surface area contributed by atoms with Crippen LogP contribution in [0.1, 0.15) is 22.7 Å². The number of aliphatic carboxylic acids is 1. The second kappa shape index (κ2) is 5.76. The molecule has 1 aromatic carbocycles. The molecule has 0 aromatic heterocycles. The molecule has 0 spiro atoms. The molecule has 1 heterocycles. The van der Waals surface area contributed by atoms with Gasteiger partial charge in [0.1, 0.15) is 6.04 Å². The number of carboxylic acid groups (broad SMARTS) is 1. The number of hydrogen-bond acceptors (Lipinski definition) is 3. The highest BCUT2D eigenvalue weighted by atomic mass is 32.2. The Kier molecular flexibility index (Phi) is 4.30. The molecule has 0 amide bonds. The number of hydrogen-bond donors (Lipinski definition) is 1. The van der Waals surface area contributed by atoms with E-state index in [1.165, 1.54) is 0 Å². The maximum Gasteiger partial charge on any atom is 0.325 e. The van der Waals surface area contributed by atoms with Gasteiger partial charge in [0.15, 0.2) is 0 Å². The smallest absolute Gasteiger partial charge is 0.325 e. The third-order valence-corrected chi connectivity index (χ3v) is 4.32. The molecule has 1 aliphatic rings. The fourth-order valence-corrected chi connectivity index (χ4v) is 3.31. The van der Waals surface area contributed by atoms with Crippen molar-refractivity contribution in [3.63, 3.8) is 0 Å². The van der Waals surface area contributed by atoms with Gasteiger partial charge in [-0.1, -0.05) is 23.8 Å². The molecule has 1 N–H and O–H groups in total. The van der Waals surface area contributed by atoms with Crippen LogP contribution in [0.4, 0.5) is 0 Å². The van der Waals surface area contributed by atoms with Crippen LogP contribution in [0.15, 0.2) is 18.2 Å². The van der Waals surface area contributed by atoms with Crippen molar-refractivity contribution in [2.75, 3.05) is 24.6 Å². The average Bonchev–Trinajstić information content (AvgIpc) is 2.35. The van der Waals surface area contributed by atoms with E-state index >= 15 is 0 Å². The van der Waals surface area contributed by atoms with Gasteiger partial charge in [-0.3, -0.25) is 9.69 Å². The Morgan fingerprint density at radius 1 is 1.33 bits per heavy atom. The minimum atomic E-state index is -0.740. The summed E-state index contributed by atoms with van der Waals surface area (Å²) >= 11 is 1.90. The van der Waals surface area contributed by atoms with Crippen LogP contribution < -0.4 is 0 Å². The minimum Gasteiger partial charge on any atom is -0.480 e. The molecule has 0 bridgehead atoms.